The summed E-state index contributed by atoms with van der Waals surface area (Å²) in [6, 6.07) is 9.42. The zero-order valence-corrected chi connectivity index (χ0v) is 8.84. The van der Waals surface area contributed by atoms with Crippen LogP contribution in [0.2, 0.25) is 0 Å². The fourth-order valence-corrected chi connectivity index (χ4v) is 1.01. The first-order valence-electron chi connectivity index (χ1n) is 3.93. The van der Waals surface area contributed by atoms with E-state index in [4.69, 9.17) is 9.84 Å². The van der Waals surface area contributed by atoms with Crippen LogP contribution in [0, 0.1) is 0 Å². The van der Waals surface area contributed by atoms with Crippen LogP contribution in [0.1, 0.15) is 6.42 Å². The van der Waals surface area contributed by atoms with Crippen molar-refractivity contribution in [2.45, 2.75) is 10.7 Å². The quantitative estimate of drug-likeness (QED) is 0.530. The lowest BCUT2D eigenvalue weighted by Gasteiger charge is -2.14. The van der Waals surface area contributed by atoms with Gasteiger partial charge < -0.3 is 9.84 Å². The van der Waals surface area contributed by atoms with Crippen LogP contribution < -0.4 is 4.74 Å². The molecule has 13 heavy (non-hydrogen) atoms. The summed E-state index contributed by atoms with van der Waals surface area (Å²) >= 11 is 7.68. The van der Waals surface area contributed by atoms with E-state index < -0.39 is 4.27 Å². The molecule has 1 N–H and O–H groups in total. The van der Waals surface area contributed by atoms with Crippen LogP contribution in [0.3, 0.4) is 0 Å². The van der Waals surface area contributed by atoms with E-state index in [2.05, 4.69) is 25.3 Å². The zero-order chi connectivity index (χ0) is 9.73. The molecule has 0 aromatic heterocycles. The molecule has 0 atom stereocenters. The van der Waals surface area contributed by atoms with Crippen LogP contribution in [0.25, 0.3) is 0 Å². The predicted molar refractivity (Wildman–Crippen MR) is 59.5 cm³/mol. The van der Waals surface area contributed by atoms with E-state index in [0.29, 0.717) is 13.0 Å². The van der Waals surface area contributed by atoms with E-state index in [-0.39, 0.29) is 0 Å². The third-order valence-electron chi connectivity index (χ3n) is 1.45. The molecule has 2 nitrogen and oxygen atoms in total. The predicted octanol–water partition coefficient (Wildman–Crippen LogP) is 1.96. The summed E-state index contributed by atoms with van der Waals surface area (Å²) in [4.78, 5) is 0. The Kier molecular flexibility index (Phi) is 3.96. The molecule has 4 heteroatoms. The molecule has 1 rings (SSSR count). The molecule has 0 heterocycles. The van der Waals surface area contributed by atoms with E-state index in [1.165, 1.54) is 0 Å². The Labute approximate surface area is 88.7 Å². The summed E-state index contributed by atoms with van der Waals surface area (Å²) in [6.07, 6.45) is 0.369. The molecule has 0 aliphatic carbocycles. The molecule has 0 amide bonds. The van der Waals surface area contributed by atoms with Crippen molar-refractivity contribution in [3.05, 3.63) is 30.3 Å². The van der Waals surface area contributed by atoms with E-state index in [1.807, 2.05) is 30.3 Å². The first-order valence-corrected chi connectivity index (χ1v) is 4.82. The average Bonchev–Trinajstić information content (AvgIpc) is 2.04. The van der Waals surface area contributed by atoms with Gasteiger partial charge in [0, 0.05) is 6.42 Å². The number of benzene rings is 1. The van der Waals surface area contributed by atoms with Crippen molar-refractivity contribution in [2.75, 3.05) is 6.61 Å². The van der Waals surface area contributed by atoms with E-state index in [0.717, 1.165) is 5.75 Å². The van der Waals surface area contributed by atoms with Crippen molar-refractivity contribution in [3.63, 3.8) is 0 Å². The third-order valence-corrected chi connectivity index (χ3v) is 1.90. The lowest BCUT2D eigenvalue weighted by Crippen LogP contribution is -2.15. The Morgan fingerprint density at radius 1 is 1.23 bits per heavy atom. The number of para-hydroxylation sites is 1. The second kappa shape index (κ2) is 4.79. The van der Waals surface area contributed by atoms with Gasteiger partial charge in [-0.3, -0.25) is 0 Å². The van der Waals surface area contributed by atoms with Crippen LogP contribution in [0.15, 0.2) is 30.3 Å². The fraction of sp³-hybridized carbons (Fsp3) is 0.333. The first kappa shape index (κ1) is 10.8. The van der Waals surface area contributed by atoms with Crippen molar-refractivity contribution >= 4 is 25.3 Å². The summed E-state index contributed by atoms with van der Waals surface area (Å²) in [6.45, 7) is 0.396. The third kappa shape index (κ3) is 5.08. The highest BCUT2D eigenvalue weighted by molar-refractivity contribution is 8.00. The number of ether oxygens (including phenoxy) is 1. The second-order valence-electron chi connectivity index (χ2n) is 2.69. The topological polar surface area (TPSA) is 29.5 Å². The van der Waals surface area contributed by atoms with Crippen LogP contribution >= 0.6 is 25.3 Å². The van der Waals surface area contributed by atoms with Gasteiger partial charge in [-0.05, 0) is 12.1 Å². The maximum atomic E-state index is 9.14. The lowest BCUT2D eigenvalue weighted by atomic mass is 10.3. The van der Waals surface area contributed by atoms with Crippen LogP contribution in [-0.4, -0.2) is 16.0 Å². The molecule has 0 fully saturated rings. The molecule has 1 aromatic rings. The molecule has 0 aliphatic rings. The van der Waals surface area contributed by atoms with Gasteiger partial charge in [0.1, 0.15) is 5.75 Å². The van der Waals surface area contributed by atoms with Crippen molar-refractivity contribution in [3.8, 4) is 5.75 Å². The SMILES string of the molecule is OC(S)(S)CCOc1ccccc1. The van der Waals surface area contributed by atoms with Gasteiger partial charge in [0.25, 0.3) is 0 Å². The monoisotopic (exact) mass is 216 g/mol. The molecule has 0 bridgehead atoms. The summed E-state index contributed by atoms with van der Waals surface area (Å²) < 4.78 is 4.07. The molecule has 1 aromatic carbocycles. The number of hydrogen-bond acceptors (Lipinski definition) is 4. The Balaban J connectivity index is 2.29. The van der Waals surface area contributed by atoms with Gasteiger partial charge >= 0.3 is 0 Å². The molecular weight excluding hydrogens is 204 g/mol. The fourth-order valence-electron chi connectivity index (χ4n) is 0.823. The average molecular weight is 216 g/mol. The highest BCUT2D eigenvalue weighted by Gasteiger charge is 2.14. The van der Waals surface area contributed by atoms with E-state index in [9.17, 15) is 0 Å². The van der Waals surface area contributed by atoms with Crippen molar-refractivity contribution in [1.82, 2.24) is 0 Å². The summed E-state index contributed by atoms with van der Waals surface area (Å²) in [7, 11) is 0. The standard InChI is InChI=1S/C9H12O2S2/c10-9(12,13)6-7-11-8-4-2-1-3-5-8/h1-5,10,12-13H,6-7H2. The largest absolute Gasteiger partial charge is 0.493 e. The Morgan fingerprint density at radius 3 is 2.38 bits per heavy atom. The highest BCUT2D eigenvalue weighted by atomic mass is 32.2. The van der Waals surface area contributed by atoms with Crippen LogP contribution in [0.5, 0.6) is 5.75 Å². The van der Waals surface area contributed by atoms with Gasteiger partial charge in [-0.2, -0.15) is 0 Å². The highest BCUT2D eigenvalue weighted by Crippen LogP contribution is 2.20. The molecule has 0 unspecified atom stereocenters. The minimum atomic E-state index is -1.26. The molecule has 0 aliphatic heterocycles. The normalized spacial score (nSPS) is 11.3. The molecule has 0 saturated heterocycles. The number of aliphatic hydroxyl groups is 1. The van der Waals surface area contributed by atoms with Gasteiger partial charge in [0.05, 0.1) is 6.61 Å². The van der Waals surface area contributed by atoms with E-state index >= 15 is 0 Å². The maximum Gasteiger partial charge on any atom is 0.155 e. The molecule has 0 saturated carbocycles. The summed E-state index contributed by atoms with van der Waals surface area (Å²) in [5, 5.41) is 9.14. The van der Waals surface area contributed by atoms with Gasteiger partial charge in [0.15, 0.2) is 4.27 Å². The van der Waals surface area contributed by atoms with Crippen molar-refractivity contribution < 1.29 is 9.84 Å². The Morgan fingerprint density at radius 2 is 1.85 bits per heavy atom. The van der Waals surface area contributed by atoms with Crippen LogP contribution in [-0.2, 0) is 0 Å². The number of thiol groups is 2. The van der Waals surface area contributed by atoms with Gasteiger partial charge in [-0.25, -0.2) is 0 Å². The summed E-state index contributed by atoms with van der Waals surface area (Å²) in [5.41, 5.74) is 0. The van der Waals surface area contributed by atoms with Gasteiger partial charge in [-0.15, -0.1) is 25.3 Å². The smallest absolute Gasteiger partial charge is 0.155 e. The summed E-state index contributed by atoms with van der Waals surface area (Å²) in [5.74, 6) is 0.786. The first-order chi connectivity index (χ1) is 6.08. The maximum absolute atomic E-state index is 9.14. The molecule has 72 valence electrons. The lowest BCUT2D eigenvalue weighted by molar-refractivity contribution is 0.187. The minimum absolute atomic E-state index is 0.369. The van der Waals surface area contributed by atoms with Crippen molar-refractivity contribution in [2.24, 2.45) is 0 Å². The Hall–Kier alpha value is -0.320. The minimum Gasteiger partial charge on any atom is -0.493 e. The van der Waals surface area contributed by atoms with Gasteiger partial charge in [-0.1, -0.05) is 18.2 Å². The molecular formula is C9H12O2S2. The molecule has 0 radical (unpaired) electrons. The second-order valence-corrected chi connectivity index (χ2v) is 4.52. The van der Waals surface area contributed by atoms with Crippen LogP contribution in [0.4, 0.5) is 0 Å². The molecule has 0 spiro atoms. The van der Waals surface area contributed by atoms with E-state index in [1.54, 1.807) is 0 Å². The number of hydrogen-bond donors (Lipinski definition) is 3. The van der Waals surface area contributed by atoms with Crippen molar-refractivity contribution in [1.29, 1.82) is 0 Å². The zero-order valence-electron chi connectivity index (χ0n) is 7.05. The Bertz CT molecular complexity index is 244. The van der Waals surface area contributed by atoms with Gasteiger partial charge in [0.2, 0.25) is 0 Å². The number of rotatable bonds is 4.